The van der Waals surface area contributed by atoms with E-state index in [4.69, 9.17) is 14.9 Å². The summed E-state index contributed by atoms with van der Waals surface area (Å²) in [6, 6.07) is 23.6. The molecule has 0 amide bonds. The van der Waals surface area contributed by atoms with E-state index in [1.807, 2.05) is 73.7 Å². The van der Waals surface area contributed by atoms with Gasteiger partial charge in [0.15, 0.2) is 10.8 Å². The van der Waals surface area contributed by atoms with E-state index in [-0.39, 0.29) is 5.88 Å². The fourth-order valence-corrected chi connectivity index (χ4v) is 5.07. The minimum atomic E-state index is -0.528. The number of nitrogens with zero attached hydrogens (tertiary/aromatic N) is 4. The molecule has 0 saturated heterocycles. The normalized spacial score (nSPS) is 15.3. The molecule has 0 spiro atoms. The monoisotopic (exact) mass is 451 g/mol. The predicted octanol–water partition coefficient (Wildman–Crippen LogP) is 5.27. The number of furan rings is 1. The molecule has 1 aliphatic heterocycles. The van der Waals surface area contributed by atoms with Gasteiger partial charge in [-0.3, -0.25) is 0 Å². The number of aromatic nitrogens is 3. The third kappa shape index (κ3) is 3.02. The first-order valence-electron chi connectivity index (χ1n) is 10.3. The Bertz CT molecular complexity index is 1550. The number of hydrogen-bond donors (Lipinski definition) is 1. The highest BCUT2D eigenvalue weighted by molar-refractivity contribution is 7.21. The fraction of sp³-hybridized carbons (Fsp3) is 0.0800. The quantitative estimate of drug-likeness (QED) is 0.401. The molecule has 2 aromatic carbocycles. The Morgan fingerprint density at radius 2 is 1.85 bits per heavy atom. The number of hydrogen-bond acceptors (Lipinski definition) is 7. The summed E-state index contributed by atoms with van der Waals surface area (Å²) in [5.41, 5.74) is 9.74. The molecule has 3 aromatic heterocycles. The van der Waals surface area contributed by atoms with Gasteiger partial charge in [-0.2, -0.15) is 10.4 Å². The van der Waals surface area contributed by atoms with Crippen LogP contribution >= 0.6 is 11.3 Å². The molecular formula is C25H17N5O2S. The van der Waals surface area contributed by atoms with Crippen LogP contribution in [-0.4, -0.2) is 14.8 Å². The van der Waals surface area contributed by atoms with Crippen molar-refractivity contribution in [3.63, 3.8) is 0 Å². The Labute approximate surface area is 193 Å². The van der Waals surface area contributed by atoms with Crippen LogP contribution in [0.1, 0.15) is 22.9 Å². The van der Waals surface area contributed by atoms with Crippen LogP contribution in [0.25, 0.3) is 26.7 Å². The van der Waals surface area contributed by atoms with Crippen LogP contribution in [0, 0.1) is 18.3 Å². The first-order valence-corrected chi connectivity index (χ1v) is 11.1. The molecule has 0 saturated carbocycles. The Hall–Kier alpha value is -4.35. The number of aryl methyl sites for hydroxylation is 1. The van der Waals surface area contributed by atoms with E-state index in [2.05, 4.69) is 16.2 Å². The molecule has 160 valence electrons. The molecule has 6 rings (SSSR count). The zero-order chi connectivity index (χ0) is 22.5. The summed E-state index contributed by atoms with van der Waals surface area (Å²) in [6.07, 6.45) is 0. The van der Waals surface area contributed by atoms with E-state index in [0.29, 0.717) is 23.0 Å². The van der Waals surface area contributed by atoms with Crippen LogP contribution in [0.2, 0.25) is 0 Å². The van der Waals surface area contributed by atoms with Crippen molar-refractivity contribution in [2.45, 2.75) is 12.8 Å². The van der Waals surface area contributed by atoms with Gasteiger partial charge in [0.05, 0.1) is 33.1 Å². The summed E-state index contributed by atoms with van der Waals surface area (Å²) in [5.74, 6) is 1.23. The smallest absolute Gasteiger partial charge is 0.229 e. The molecule has 4 heterocycles. The van der Waals surface area contributed by atoms with Crippen LogP contribution < -0.4 is 10.5 Å². The summed E-state index contributed by atoms with van der Waals surface area (Å²) in [5, 5.41) is 15.4. The lowest BCUT2D eigenvalue weighted by atomic mass is 9.88. The summed E-state index contributed by atoms with van der Waals surface area (Å²) >= 11 is 1.56. The number of nitriles is 1. The minimum absolute atomic E-state index is 0.0463. The van der Waals surface area contributed by atoms with Crippen molar-refractivity contribution >= 4 is 21.6 Å². The first-order chi connectivity index (χ1) is 16.1. The molecule has 0 radical (unpaired) electrons. The maximum atomic E-state index is 9.91. The Balaban J connectivity index is 1.49. The van der Waals surface area contributed by atoms with E-state index in [1.54, 1.807) is 16.0 Å². The van der Waals surface area contributed by atoms with Gasteiger partial charge in [0.2, 0.25) is 11.8 Å². The lowest BCUT2D eigenvalue weighted by Crippen LogP contribution is -2.21. The summed E-state index contributed by atoms with van der Waals surface area (Å²) in [4.78, 5) is 4.68. The molecule has 5 aromatic rings. The highest BCUT2D eigenvalue weighted by Crippen LogP contribution is 2.46. The molecule has 1 aliphatic rings. The van der Waals surface area contributed by atoms with E-state index in [9.17, 15) is 5.26 Å². The molecule has 33 heavy (non-hydrogen) atoms. The van der Waals surface area contributed by atoms with Crippen molar-refractivity contribution in [1.29, 1.82) is 5.26 Å². The van der Waals surface area contributed by atoms with E-state index in [1.165, 1.54) is 0 Å². The molecular weight excluding hydrogens is 434 g/mol. The first kappa shape index (κ1) is 19.3. The molecule has 1 unspecified atom stereocenters. The number of ether oxygens (including phenoxy) is 1. The largest absolute Gasteiger partial charge is 0.458 e. The summed E-state index contributed by atoms with van der Waals surface area (Å²) < 4.78 is 15.0. The lowest BCUT2D eigenvalue weighted by Gasteiger charge is -2.23. The Morgan fingerprint density at radius 3 is 2.64 bits per heavy atom. The maximum Gasteiger partial charge on any atom is 0.229 e. The van der Waals surface area contributed by atoms with E-state index >= 15 is 0 Å². The second-order valence-electron chi connectivity index (χ2n) is 7.67. The van der Waals surface area contributed by atoms with Gasteiger partial charge in [-0.1, -0.05) is 30.3 Å². The standard InChI is InChI=1S/C25H17N5O2S/c1-14-21-22(18-11-12-19(31-18)24-28-17-9-5-6-10-20(17)33-24)16(13-26)23(27)32-25(21)30(29-14)15-7-3-2-4-8-15/h2-12,22H,27H2,1H3. The zero-order valence-electron chi connectivity index (χ0n) is 17.5. The van der Waals surface area contributed by atoms with E-state index in [0.717, 1.165) is 32.2 Å². The summed E-state index contributed by atoms with van der Waals surface area (Å²) in [6.45, 7) is 1.89. The average Bonchev–Trinajstić information content (AvgIpc) is 3.56. The summed E-state index contributed by atoms with van der Waals surface area (Å²) in [7, 11) is 0. The number of nitrogens with two attached hydrogens (primary N) is 1. The van der Waals surface area contributed by atoms with Gasteiger partial charge in [-0.15, -0.1) is 11.3 Å². The second kappa shape index (κ2) is 7.36. The number of para-hydroxylation sites is 2. The van der Waals surface area contributed by atoms with Gasteiger partial charge in [0, 0.05) is 0 Å². The fourth-order valence-electron chi connectivity index (χ4n) is 4.14. The van der Waals surface area contributed by atoms with Crippen molar-refractivity contribution in [3.05, 3.63) is 95.2 Å². The van der Waals surface area contributed by atoms with Crippen molar-refractivity contribution in [1.82, 2.24) is 14.8 Å². The van der Waals surface area contributed by atoms with Gasteiger partial charge in [-0.05, 0) is 43.3 Å². The topological polar surface area (TPSA) is 103 Å². The van der Waals surface area contributed by atoms with E-state index < -0.39 is 5.92 Å². The highest BCUT2D eigenvalue weighted by atomic mass is 32.1. The molecule has 1 atom stereocenters. The van der Waals surface area contributed by atoms with Crippen molar-refractivity contribution < 1.29 is 9.15 Å². The van der Waals surface area contributed by atoms with Gasteiger partial charge in [0.25, 0.3) is 0 Å². The number of rotatable bonds is 3. The van der Waals surface area contributed by atoms with Crippen molar-refractivity contribution in [2.24, 2.45) is 5.73 Å². The lowest BCUT2D eigenvalue weighted by molar-refractivity contribution is 0.361. The predicted molar refractivity (Wildman–Crippen MR) is 125 cm³/mol. The third-order valence-electron chi connectivity index (χ3n) is 5.65. The molecule has 8 heteroatoms. The number of fused-ring (bicyclic) bond motifs is 2. The van der Waals surface area contributed by atoms with Crippen LogP contribution in [-0.2, 0) is 0 Å². The number of benzene rings is 2. The SMILES string of the molecule is Cc1nn(-c2ccccc2)c2c1C(c1ccc(-c3nc4ccccc4s3)o1)C(C#N)=C(N)O2. The van der Waals surface area contributed by atoms with Crippen molar-refractivity contribution in [2.75, 3.05) is 0 Å². The molecule has 0 fully saturated rings. The minimum Gasteiger partial charge on any atom is -0.458 e. The van der Waals surface area contributed by atoms with Gasteiger partial charge in [-0.25, -0.2) is 9.67 Å². The average molecular weight is 452 g/mol. The molecule has 0 aliphatic carbocycles. The van der Waals surface area contributed by atoms with Crippen LogP contribution in [0.4, 0.5) is 0 Å². The van der Waals surface area contributed by atoms with Gasteiger partial charge in [0.1, 0.15) is 17.4 Å². The highest BCUT2D eigenvalue weighted by Gasteiger charge is 2.38. The Kier molecular flexibility index (Phi) is 4.31. The third-order valence-corrected chi connectivity index (χ3v) is 6.70. The number of allylic oxidation sites excluding steroid dienone is 1. The van der Waals surface area contributed by atoms with Crippen LogP contribution in [0.15, 0.2) is 82.6 Å². The van der Waals surface area contributed by atoms with Crippen LogP contribution in [0.3, 0.4) is 0 Å². The Morgan fingerprint density at radius 1 is 1.06 bits per heavy atom. The molecule has 0 bridgehead atoms. The van der Waals surface area contributed by atoms with Gasteiger partial charge < -0.3 is 14.9 Å². The molecule has 2 N–H and O–H groups in total. The van der Waals surface area contributed by atoms with Gasteiger partial charge >= 0.3 is 0 Å². The second-order valence-corrected chi connectivity index (χ2v) is 8.70. The maximum absolute atomic E-state index is 9.91. The number of thiazole rings is 1. The molecule has 7 nitrogen and oxygen atoms in total. The zero-order valence-corrected chi connectivity index (χ0v) is 18.3. The van der Waals surface area contributed by atoms with Crippen molar-refractivity contribution in [3.8, 4) is 28.4 Å². The van der Waals surface area contributed by atoms with Crippen LogP contribution in [0.5, 0.6) is 5.88 Å².